The smallest absolute Gasteiger partial charge is 0.264 e. The second-order valence-corrected chi connectivity index (χ2v) is 6.84. The number of amides is 2. The number of carbonyl (C=O) groups excluding carboxylic acids is 2. The van der Waals surface area contributed by atoms with Crippen molar-refractivity contribution in [3.8, 4) is 5.75 Å². The van der Waals surface area contributed by atoms with Crippen LogP contribution in [0.4, 0.5) is 5.69 Å². The fourth-order valence-corrected chi connectivity index (χ4v) is 3.24. The number of fused-ring (bicyclic) bond motifs is 1. The molecule has 1 fully saturated rings. The Morgan fingerprint density at radius 1 is 1.12 bits per heavy atom. The van der Waals surface area contributed by atoms with Gasteiger partial charge in [-0.1, -0.05) is 24.3 Å². The molecule has 134 valence electrons. The molecule has 0 radical (unpaired) electrons. The fourth-order valence-electron chi connectivity index (χ4n) is 3.24. The van der Waals surface area contributed by atoms with E-state index in [1.165, 1.54) is 5.56 Å². The van der Waals surface area contributed by atoms with E-state index in [2.05, 4.69) is 11.4 Å². The summed E-state index contributed by atoms with van der Waals surface area (Å²) >= 11 is 0. The lowest BCUT2D eigenvalue weighted by Gasteiger charge is -2.29. The maximum absolute atomic E-state index is 12.6. The van der Waals surface area contributed by atoms with E-state index >= 15 is 0 Å². The minimum absolute atomic E-state index is 0.0397. The zero-order chi connectivity index (χ0) is 17.9. The highest BCUT2D eigenvalue weighted by atomic mass is 16.5. The van der Waals surface area contributed by atoms with Crippen molar-refractivity contribution in [2.75, 3.05) is 18.1 Å². The zero-order valence-electron chi connectivity index (χ0n) is 14.6. The molecule has 1 N–H and O–H groups in total. The van der Waals surface area contributed by atoms with E-state index in [9.17, 15) is 9.59 Å². The van der Waals surface area contributed by atoms with E-state index in [4.69, 9.17) is 4.74 Å². The lowest BCUT2D eigenvalue weighted by molar-refractivity contribution is -0.120. The van der Waals surface area contributed by atoms with Crippen LogP contribution in [0.15, 0.2) is 48.5 Å². The number of hydrogen-bond donors (Lipinski definition) is 1. The molecule has 0 bridgehead atoms. The highest BCUT2D eigenvalue weighted by molar-refractivity contribution is 5.96. The molecule has 1 aliphatic heterocycles. The summed E-state index contributed by atoms with van der Waals surface area (Å²) in [5.74, 6) is 0.381. The Labute approximate surface area is 153 Å². The molecule has 0 spiro atoms. The number of ether oxygens (including phenoxy) is 1. The second kappa shape index (κ2) is 7.20. The summed E-state index contributed by atoms with van der Waals surface area (Å²) in [7, 11) is 0. The average molecular weight is 350 g/mol. The number of anilines is 1. The highest BCUT2D eigenvalue weighted by Gasteiger charge is 2.24. The number of hydrogen-bond acceptors (Lipinski definition) is 3. The molecule has 4 rings (SSSR count). The Bertz CT molecular complexity index is 830. The molecule has 0 saturated heterocycles. The lowest BCUT2D eigenvalue weighted by Crippen LogP contribution is -2.38. The predicted octanol–water partition coefficient (Wildman–Crippen LogP) is 2.94. The van der Waals surface area contributed by atoms with E-state index in [0.717, 1.165) is 31.4 Å². The summed E-state index contributed by atoms with van der Waals surface area (Å²) in [6.07, 6.45) is 4.06. The largest absolute Gasteiger partial charge is 0.484 e. The molecular formula is C21H22N2O3. The SMILES string of the molecule is O=C(NC1CC1)c1cccc(OCC(=O)N2CCCc3ccccc32)c1. The minimum atomic E-state index is -0.0887. The first-order valence-corrected chi connectivity index (χ1v) is 9.13. The van der Waals surface area contributed by atoms with Crippen molar-refractivity contribution in [2.45, 2.75) is 31.7 Å². The van der Waals surface area contributed by atoms with Crippen molar-refractivity contribution in [2.24, 2.45) is 0 Å². The molecule has 2 aromatic rings. The van der Waals surface area contributed by atoms with Crippen LogP contribution in [0.25, 0.3) is 0 Å². The molecule has 2 aliphatic rings. The zero-order valence-corrected chi connectivity index (χ0v) is 14.6. The normalized spacial score (nSPS) is 15.9. The van der Waals surface area contributed by atoms with E-state index in [-0.39, 0.29) is 18.4 Å². The topological polar surface area (TPSA) is 58.6 Å². The molecule has 0 atom stereocenters. The van der Waals surface area contributed by atoms with Crippen LogP contribution in [0.2, 0.25) is 0 Å². The number of nitrogens with zero attached hydrogens (tertiary/aromatic N) is 1. The molecule has 5 nitrogen and oxygen atoms in total. The van der Waals surface area contributed by atoms with Gasteiger partial charge in [0.1, 0.15) is 5.75 Å². The van der Waals surface area contributed by atoms with Crippen LogP contribution < -0.4 is 15.0 Å². The monoisotopic (exact) mass is 350 g/mol. The molecule has 0 aromatic heterocycles. The van der Waals surface area contributed by atoms with Gasteiger partial charge in [0.2, 0.25) is 0 Å². The lowest BCUT2D eigenvalue weighted by atomic mass is 10.0. The third-order valence-electron chi connectivity index (χ3n) is 4.78. The van der Waals surface area contributed by atoms with Crippen LogP contribution in [0.5, 0.6) is 5.75 Å². The number of aryl methyl sites for hydroxylation is 1. The maximum atomic E-state index is 12.6. The number of benzene rings is 2. The Balaban J connectivity index is 1.40. The van der Waals surface area contributed by atoms with E-state index in [1.807, 2.05) is 18.2 Å². The fraction of sp³-hybridized carbons (Fsp3) is 0.333. The first-order chi connectivity index (χ1) is 12.7. The molecule has 5 heteroatoms. The molecule has 26 heavy (non-hydrogen) atoms. The number of carbonyl (C=O) groups is 2. The molecule has 2 aromatic carbocycles. The first kappa shape index (κ1) is 16.6. The van der Waals surface area contributed by atoms with Crippen LogP contribution in [0, 0.1) is 0 Å². The number of para-hydroxylation sites is 1. The summed E-state index contributed by atoms with van der Waals surface area (Å²) in [5, 5.41) is 2.96. The van der Waals surface area contributed by atoms with Gasteiger partial charge in [0.15, 0.2) is 6.61 Å². The van der Waals surface area contributed by atoms with E-state index in [0.29, 0.717) is 23.9 Å². The third-order valence-corrected chi connectivity index (χ3v) is 4.78. The second-order valence-electron chi connectivity index (χ2n) is 6.84. The van der Waals surface area contributed by atoms with Crippen molar-refractivity contribution in [3.63, 3.8) is 0 Å². The third kappa shape index (κ3) is 3.72. The number of nitrogens with one attached hydrogen (secondary N) is 1. The highest BCUT2D eigenvalue weighted by Crippen LogP contribution is 2.27. The van der Waals surface area contributed by atoms with Crippen molar-refractivity contribution in [1.29, 1.82) is 0 Å². The predicted molar refractivity (Wildman–Crippen MR) is 99.5 cm³/mol. The Kier molecular flexibility index (Phi) is 4.61. The van der Waals surface area contributed by atoms with Gasteiger partial charge in [0.05, 0.1) is 0 Å². The van der Waals surface area contributed by atoms with Gasteiger partial charge < -0.3 is 15.0 Å². The van der Waals surface area contributed by atoms with Crippen LogP contribution in [-0.4, -0.2) is 31.0 Å². The Morgan fingerprint density at radius 2 is 1.96 bits per heavy atom. The van der Waals surface area contributed by atoms with Crippen molar-refractivity contribution in [3.05, 3.63) is 59.7 Å². The summed E-state index contributed by atoms with van der Waals surface area (Å²) in [4.78, 5) is 26.6. The van der Waals surface area contributed by atoms with Gasteiger partial charge in [-0.25, -0.2) is 0 Å². The van der Waals surface area contributed by atoms with Gasteiger partial charge >= 0.3 is 0 Å². The molecule has 1 aliphatic carbocycles. The van der Waals surface area contributed by atoms with Gasteiger partial charge in [-0.2, -0.15) is 0 Å². The van der Waals surface area contributed by atoms with Crippen LogP contribution in [0.1, 0.15) is 35.2 Å². The average Bonchev–Trinajstić information content (AvgIpc) is 3.50. The first-order valence-electron chi connectivity index (χ1n) is 9.13. The summed E-state index contributed by atoms with van der Waals surface area (Å²) < 4.78 is 5.68. The van der Waals surface area contributed by atoms with Gasteiger partial charge in [-0.3, -0.25) is 9.59 Å². The van der Waals surface area contributed by atoms with Gasteiger partial charge in [-0.05, 0) is 55.5 Å². The number of rotatable bonds is 5. The van der Waals surface area contributed by atoms with Crippen LogP contribution in [0.3, 0.4) is 0 Å². The molecule has 1 heterocycles. The van der Waals surface area contributed by atoms with Crippen LogP contribution in [-0.2, 0) is 11.2 Å². The molecule has 0 unspecified atom stereocenters. The summed E-state index contributed by atoms with van der Waals surface area (Å²) in [6.45, 7) is 0.672. The van der Waals surface area contributed by atoms with Gasteiger partial charge in [-0.15, -0.1) is 0 Å². The van der Waals surface area contributed by atoms with Crippen LogP contribution >= 0.6 is 0 Å². The minimum Gasteiger partial charge on any atom is -0.484 e. The Hall–Kier alpha value is -2.82. The quantitative estimate of drug-likeness (QED) is 0.902. The molecular weight excluding hydrogens is 328 g/mol. The maximum Gasteiger partial charge on any atom is 0.264 e. The Morgan fingerprint density at radius 3 is 2.81 bits per heavy atom. The van der Waals surface area contributed by atoms with E-state index < -0.39 is 0 Å². The van der Waals surface area contributed by atoms with Crippen molar-refractivity contribution in [1.82, 2.24) is 5.32 Å². The summed E-state index contributed by atoms with van der Waals surface area (Å²) in [6, 6.07) is 15.3. The standard InChI is InChI=1S/C21H22N2O3/c24-20(23-12-4-7-15-5-1-2-9-19(15)23)14-26-18-8-3-6-16(13-18)21(25)22-17-10-11-17/h1-3,5-6,8-9,13,17H,4,7,10-12,14H2,(H,22,25). The molecule has 2 amide bonds. The van der Waals surface area contributed by atoms with Gasteiger partial charge in [0, 0.05) is 23.8 Å². The van der Waals surface area contributed by atoms with Crippen molar-refractivity contribution >= 4 is 17.5 Å². The van der Waals surface area contributed by atoms with E-state index in [1.54, 1.807) is 29.2 Å². The summed E-state index contributed by atoms with van der Waals surface area (Å²) in [5.41, 5.74) is 2.74. The van der Waals surface area contributed by atoms with Gasteiger partial charge in [0.25, 0.3) is 11.8 Å². The van der Waals surface area contributed by atoms with Crippen molar-refractivity contribution < 1.29 is 14.3 Å². The molecule has 1 saturated carbocycles.